The Morgan fingerprint density at radius 2 is 1.60 bits per heavy atom. The van der Waals surface area contributed by atoms with Gasteiger partial charge in [-0.15, -0.1) is 0 Å². The summed E-state index contributed by atoms with van der Waals surface area (Å²) in [5, 5.41) is 25.0. The van der Waals surface area contributed by atoms with E-state index in [2.05, 4.69) is 26.1 Å². The predicted molar refractivity (Wildman–Crippen MR) is 220 cm³/mol. The molecule has 1 aromatic heterocycles. The van der Waals surface area contributed by atoms with Crippen molar-refractivity contribution in [3.05, 3.63) is 93.5 Å². The second-order valence-electron chi connectivity index (χ2n) is 13.3. The zero-order valence-electron chi connectivity index (χ0n) is 33.7. The van der Waals surface area contributed by atoms with Crippen molar-refractivity contribution in [2.24, 2.45) is 5.10 Å². The lowest BCUT2D eigenvalue weighted by Gasteiger charge is -2.18. The van der Waals surface area contributed by atoms with Gasteiger partial charge in [0.1, 0.15) is 28.9 Å². The van der Waals surface area contributed by atoms with Crippen LogP contribution in [-0.2, 0) is 28.5 Å². The predicted octanol–water partition coefficient (Wildman–Crippen LogP) is 5.73. The number of amides is 4. The van der Waals surface area contributed by atoms with Gasteiger partial charge in [-0.1, -0.05) is 31.4 Å². The standard InChI is InChI=1S/C21H23ClFNO5.C15H12F2N4O3.C3H8NO5P/c1-2-3-6-9-28-19(25)12-29-18-11-17(16(23)10-15(18)22)24-20(26)13-7-4-5-8-14(13)21(24)27;1-8(13-12(14(22)23)3-2-4-18-13)20-21-15(24)19-11-6-9(16)5-10(17)7-11;5-3(6)1-4-2-10(7,8)9/h10-11H,2-9,12H2,1H3;2-7H,1H3,(H,22,23)(H2,19,21,24);4H,1-2H2,(H,5,6)(H2,7,8,9)/b;20-8+;. The molecule has 0 saturated carbocycles. The fraction of sp³-hybridized carbons (Fsp3) is 0.333. The van der Waals surface area contributed by atoms with Crippen LogP contribution in [-0.4, -0.2) is 92.5 Å². The van der Waals surface area contributed by atoms with E-state index in [1.165, 1.54) is 31.3 Å². The number of halogens is 4. The molecule has 24 heteroatoms. The molecule has 340 valence electrons. The molecule has 3 aromatic rings. The normalized spacial score (nSPS) is 13.5. The number of hydrazone groups is 1. The second kappa shape index (κ2) is 24.4. The number of hydrogen-bond acceptors (Lipinski definition) is 12. The number of aromatic nitrogens is 1. The number of hydrogen-bond donors (Lipinski definition) is 7. The van der Waals surface area contributed by atoms with Gasteiger partial charge in [-0.3, -0.25) is 29.2 Å². The zero-order valence-corrected chi connectivity index (χ0v) is 35.3. The Morgan fingerprint density at radius 3 is 2.17 bits per heavy atom. The average molecular weight is 927 g/mol. The number of unbranched alkanes of at least 4 members (excludes halogenated alkanes) is 2. The summed E-state index contributed by atoms with van der Waals surface area (Å²) in [5.41, 5.74) is 2.83. The molecule has 0 bridgehead atoms. The Bertz CT molecular complexity index is 2260. The van der Waals surface area contributed by atoms with Crippen LogP contribution in [0.2, 0.25) is 5.02 Å². The molecule has 0 spiro atoms. The van der Waals surface area contributed by atoms with Gasteiger partial charge in [0.25, 0.3) is 11.8 Å². The lowest BCUT2D eigenvalue weighted by Crippen LogP contribution is -2.32. The van der Waals surface area contributed by atoms with Crippen molar-refractivity contribution in [2.75, 3.05) is 36.3 Å². The quantitative estimate of drug-likeness (QED) is 0.0225. The largest absolute Gasteiger partial charge is 0.480 e. The summed E-state index contributed by atoms with van der Waals surface area (Å²) in [5.74, 6) is -6.42. The van der Waals surface area contributed by atoms with Crippen LogP contribution in [0.5, 0.6) is 5.75 Å². The third-order valence-electron chi connectivity index (χ3n) is 8.41. The van der Waals surface area contributed by atoms with Crippen LogP contribution in [0.4, 0.5) is 29.3 Å². The number of nitrogens with one attached hydrogen (secondary N) is 3. The number of carbonyl (C=O) groups is 6. The number of ether oxygens (including phenoxy) is 2. The van der Waals surface area contributed by atoms with Crippen LogP contribution in [0.3, 0.4) is 0 Å². The molecule has 2 heterocycles. The van der Waals surface area contributed by atoms with Crippen molar-refractivity contribution >= 4 is 72.0 Å². The van der Waals surface area contributed by atoms with E-state index in [0.29, 0.717) is 36.7 Å². The number of aliphatic carboxylic acids is 1. The molecule has 2 aliphatic rings. The molecule has 0 radical (unpaired) electrons. The first-order valence-electron chi connectivity index (χ1n) is 18.8. The maximum absolute atomic E-state index is 14.5. The molecule has 0 atom stereocenters. The van der Waals surface area contributed by atoms with Crippen molar-refractivity contribution in [1.29, 1.82) is 0 Å². The molecule has 63 heavy (non-hydrogen) atoms. The van der Waals surface area contributed by atoms with Crippen LogP contribution < -0.4 is 25.7 Å². The van der Waals surface area contributed by atoms with E-state index in [1.807, 2.05) is 6.92 Å². The first-order valence-corrected chi connectivity index (χ1v) is 21.0. The van der Waals surface area contributed by atoms with Crippen LogP contribution in [0.25, 0.3) is 0 Å². The van der Waals surface area contributed by atoms with Crippen LogP contribution in [0.15, 0.2) is 64.9 Å². The van der Waals surface area contributed by atoms with Gasteiger partial charge in [-0.25, -0.2) is 37.9 Å². The van der Waals surface area contributed by atoms with Gasteiger partial charge >= 0.3 is 31.5 Å². The van der Waals surface area contributed by atoms with Crippen molar-refractivity contribution < 1.29 is 76.0 Å². The maximum Gasteiger partial charge on any atom is 0.344 e. The van der Waals surface area contributed by atoms with Gasteiger partial charge < -0.3 is 34.8 Å². The Balaban J connectivity index is 0.000000280. The summed E-state index contributed by atoms with van der Waals surface area (Å²) in [6.07, 6.45) is 6.19. The highest BCUT2D eigenvalue weighted by Crippen LogP contribution is 2.39. The smallest absolute Gasteiger partial charge is 0.344 e. The summed E-state index contributed by atoms with van der Waals surface area (Å²) < 4.78 is 61.1. The van der Waals surface area contributed by atoms with Gasteiger partial charge in [-0.05, 0) is 69.4 Å². The number of urea groups is 1. The third kappa shape index (κ3) is 16.6. The summed E-state index contributed by atoms with van der Waals surface area (Å²) in [6.45, 7) is 2.95. The van der Waals surface area contributed by atoms with Crippen LogP contribution in [0.1, 0.15) is 74.8 Å². The number of carbonyl (C=O) groups excluding carboxylic acids is 4. The highest BCUT2D eigenvalue weighted by atomic mass is 35.5. The number of aromatic carboxylic acids is 1. The van der Waals surface area contributed by atoms with Crippen LogP contribution >= 0.6 is 19.2 Å². The van der Waals surface area contributed by atoms with E-state index >= 15 is 0 Å². The molecular weight excluding hydrogens is 884 g/mol. The first kappa shape index (κ1) is 51.2. The number of rotatable bonds is 16. The molecule has 7 N–H and O–H groups in total. The van der Waals surface area contributed by atoms with Gasteiger partial charge in [0.05, 0.1) is 41.4 Å². The molecule has 5 rings (SSSR count). The second-order valence-corrected chi connectivity index (χ2v) is 15.4. The Kier molecular flexibility index (Phi) is 19.9. The topological polar surface area (TPSA) is 283 Å². The molecule has 0 fully saturated rings. The van der Waals surface area contributed by atoms with E-state index in [4.69, 9.17) is 41.1 Å². The number of nitrogens with zero attached hydrogens (tertiary/aromatic N) is 3. The molecule has 1 aliphatic heterocycles. The lowest BCUT2D eigenvalue weighted by atomic mass is 9.93. The highest BCUT2D eigenvalue weighted by molar-refractivity contribution is 7.51. The molecule has 0 saturated heterocycles. The number of imide groups is 1. The van der Waals surface area contributed by atoms with Crippen molar-refractivity contribution in [1.82, 2.24) is 15.7 Å². The molecule has 4 amide bonds. The van der Waals surface area contributed by atoms with E-state index in [1.54, 1.807) is 0 Å². The van der Waals surface area contributed by atoms with Gasteiger partial charge in [-0.2, -0.15) is 5.10 Å². The minimum absolute atomic E-state index is 0.000883. The molecule has 1 aliphatic carbocycles. The Hall–Kier alpha value is -6.19. The number of benzene rings is 2. The SMILES string of the molecule is C/C(=N\NC(=O)Nc1cc(F)cc(F)c1)c1ncccc1C(=O)O.CCCCCOC(=O)COc1cc(N2C(=O)C3=C(CCCC3)C2=O)c(F)cc1Cl.O=C(O)CNCP(=O)(O)O. The maximum atomic E-state index is 14.5. The number of pyridine rings is 1. The minimum Gasteiger partial charge on any atom is -0.480 e. The molecular formula is C39H43ClF3N6O13P. The zero-order chi connectivity index (χ0) is 46.9. The summed E-state index contributed by atoms with van der Waals surface area (Å²) >= 11 is 6.02. The minimum atomic E-state index is -4.10. The van der Waals surface area contributed by atoms with E-state index in [0.717, 1.165) is 55.2 Å². The highest BCUT2D eigenvalue weighted by Gasteiger charge is 2.41. The number of anilines is 2. The van der Waals surface area contributed by atoms with Crippen molar-refractivity contribution in [2.45, 2.75) is 58.8 Å². The number of esters is 1. The average Bonchev–Trinajstić information content (AvgIpc) is 3.46. The van der Waals surface area contributed by atoms with Crippen molar-refractivity contribution in [3.63, 3.8) is 0 Å². The van der Waals surface area contributed by atoms with Gasteiger partial charge in [0, 0.05) is 35.2 Å². The van der Waals surface area contributed by atoms with Gasteiger partial charge in [0.2, 0.25) is 0 Å². The fourth-order valence-electron chi connectivity index (χ4n) is 5.62. The Morgan fingerprint density at radius 1 is 0.968 bits per heavy atom. The van der Waals surface area contributed by atoms with Crippen molar-refractivity contribution in [3.8, 4) is 5.75 Å². The first-order chi connectivity index (χ1) is 29.7. The lowest BCUT2D eigenvalue weighted by molar-refractivity contribution is -0.146. The van der Waals surface area contributed by atoms with E-state index in [-0.39, 0.29) is 39.1 Å². The Labute approximate surface area is 362 Å². The fourth-order valence-corrected chi connectivity index (χ4v) is 6.23. The van der Waals surface area contributed by atoms with Gasteiger partial charge in [0.15, 0.2) is 6.61 Å². The summed E-state index contributed by atoms with van der Waals surface area (Å²) in [6, 6.07) is 6.62. The number of carboxylic acids is 2. The monoisotopic (exact) mass is 926 g/mol. The van der Waals surface area contributed by atoms with E-state index in [9.17, 15) is 46.5 Å². The molecule has 19 nitrogen and oxygen atoms in total. The number of carboxylic acid groups (broad SMARTS) is 2. The summed E-state index contributed by atoms with van der Waals surface area (Å²) in [7, 11) is -4.10. The molecule has 0 unspecified atom stereocenters. The van der Waals surface area contributed by atoms with Crippen LogP contribution in [0, 0.1) is 17.5 Å². The molecule has 2 aromatic carbocycles. The van der Waals surface area contributed by atoms with E-state index < -0.39 is 80.2 Å². The summed E-state index contributed by atoms with van der Waals surface area (Å²) in [4.78, 5) is 90.8. The third-order valence-corrected chi connectivity index (χ3v) is 9.34.